The maximum atomic E-state index is 11.9. The Bertz CT molecular complexity index is 709. The Hall–Kier alpha value is -2.93. The fraction of sp³-hybridized carbons (Fsp3) is 0.250. The number of carbonyl (C=O) groups is 1. The summed E-state index contributed by atoms with van der Waals surface area (Å²) in [5, 5.41) is 2.80. The van der Waals surface area contributed by atoms with Crippen molar-refractivity contribution in [1.29, 1.82) is 0 Å². The lowest BCUT2D eigenvalue weighted by atomic mass is 10.1. The smallest absolute Gasteiger partial charge is 0.225 e. The highest BCUT2D eigenvalue weighted by molar-refractivity contribution is 5.78. The van der Waals surface area contributed by atoms with E-state index in [-0.39, 0.29) is 5.91 Å². The first kappa shape index (κ1) is 17.4. The van der Waals surface area contributed by atoms with Crippen LogP contribution in [0, 0.1) is 11.8 Å². The van der Waals surface area contributed by atoms with Crippen molar-refractivity contribution in [2.45, 2.75) is 13.3 Å². The lowest BCUT2D eigenvalue weighted by Gasteiger charge is -2.05. The molecule has 0 aliphatic rings. The van der Waals surface area contributed by atoms with Gasteiger partial charge in [0.25, 0.3) is 0 Å². The van der Waals surface area contributed by atoms with E-state index in [1.54, 1.807) is 7.11 Å². The molecule has 4 nitrogen and oxygen atoms in total. The second-order valence-corrected chi connectivity index (χ2v) is 5.06. The highest BCUT2D eigenvalue weighted by atomic mass is 16.5. The van der Waals surface area contributed by atoms with Crippen molar-refractivity contribution in [3.63, 3.8) is 0 Å². The van der Waals surface area contributed by atoms with Crippen LogP contribution in [0.3, 0.4) is 0 Å². The molecule has 2 aromatic rings. The quantitative estimate of drug-likeness (QED) is 0.832. The molecule has 0 aromatic heterocycles. The van der Waals surface area contributed by atoms with Gasteiger partial charge < -0.3 is 14.8 Å². The van der Waals surface area contributed by atoms with Crippen molar-refractivity contribution in [3.05, 3.63) is 59.7 Å². The highest BCUT2D eigenvalue weighted by Crippen LogP contribution is 2.12. The predicted molar refractivity (Wildman–Crippen MR) is 94.2 cm³/mol. The minimum atomic E-state index is -0.0526. The summed E-state index contributed by atoms with van der Waals surface area (Å²) in [5.41, 5.74) is 1.83. The van der Waals surface area contributed by atoms with Crippen LogP contribution in [0.15, 0.2) is 48.5 Å². The fourth-order valence-corrected chi connectivity index (χ4v) is 2.08. The van der Waals surface area contributed by atoms with Crippen molar-refractivity contribution in [2.75, 3.05) is 20.3 Å². The number of methoxy groups -OCH3 is 1. The molecule has 0 radical (unpaired) electrons. The van der Waals surface area contributed by atoms with E-state index in [0.29, 0.717) is 19.6 Å². The van der Waals surface area contributed by atoms with Crippen LogP contribution in [0.25, 0.3) is 0 Å². The Morgan fingerprint density at radius 2 is 1.71 bits per heavy atom. The summed E-state index contributed by atoms with van der Waals surface area (Å²) in [6.45, 7) is 2.89. The van der Waals surface area contributed by atoms with Gasteiger partial charge in [0, 0.05) is 5.56 Å². The Balaban J connectivity index is 1.77. The second kappa shape index (κ2) is 9.26. The summed E-state index contributed by atoms with van der Waals surface area (Å²) in [7, 11) is 1.63. The topological polar surface area (TPSA) is 47.6 Å². The van der Waals surface area contributed by atoms with E-state index in [1.165, 1.54) is 0 Å². The molecule has 4 heteroatoms. The van der Waals surface area contributed by atoms with Crippen LogP contribution in [0.5, 0.6) is 11.5 Å². The van der Waals surface area contributed by atoms with Gasteiger partial charge in [-0.25, -0.2) is 0 Å². The molecule has 24 heavy (non-hydrogen) atoms. The highest BCUT2D eigenvalue weighted by Gasteiger charge is 2.02. The SMILES string of the molecule is CCOc1ccc(CC(=O)NCC#Cc2ccc(OC)cc2)cc1. The molecule has 0 saturated heterocycles. The van der Waals surface area contributed by atoms with Crippen LogP contribution in [-0.4, -0.2) is 26.2 Å². The monoisotopic (exact) mass is 323 g/mol. The Labute approximate surface area is 142 Å². The third-order valence-electron chi connectivity index (χ3n) is 3.30. The lowest BCUT2D eigenvalue weighted by molar-refractivity contribution is -0.120. The average molecular weight is 323 g/mol. The van der Waals surface area contributed by atoms with Gasteiger partial charge in [0.15, 0.2) is 0 Å². The Morgan fingerprint density at radius 1 is 1.04 bits per heavy atom. The van der Waals surface area contributed by atoms with Gasteiger partial charge in [0.2, 0.25) is 5.91 Å². The molecule has 0 saturated carbocycles. The number of benzene rings is 2. The van der Waals surface area contributed by atoms with Gasteiger partial charge >= 0.3 is 0 Å². The van der Waals surface area contributed by atoms with E-state index in [4.69, 9.17) is 9.47 Å². The van der Waals surface area contributed by atoms with E-state index in [9.17, 15) is 4.79 Å². The van der Waals surface area contributed by atoms with Gasteiger partial charge in [0.05, 0.1) is 26.7 Å². The second-order valence-electron chi connectivity index (χ2n) is 5.06. The molecule has 2 rings (SSSR count). The number of hydrogen-bond donors (Lipinski definition) is 1. The van der Waals surface area contributed by atoms with Crippen molar-refractivity contribution >= 4 is 5.91 Å². The molecule has 0 aliphatic carbocycles. The number of nitrogens with one attached hydrogen (secondary N) is 1. The third kappa shape index (κ3) is 5.69. The minimum Gasteiger partial charge on any atom is -0.497 e. The Kier molecular flexibility index (Phi) is 6.73. The van der Waals surface area contributed by atoms with Crippen molar-refractivity contribution in [3.8, 4) is 23.3 Å². The van der Waals surface area contributed by atoms with Crippen molar-refractivity contribution in [1.82, 2.24) is 5.32 Å². The maximum Gasteiger partial charge on any atom is 0.225 e. The number of rotatable bonds is 6. The Morgan fingerprint density at radius 3 is 2.33 bits per heavy atom. The van der Waals surface area contributed by atoms with Crippen molar-refractivity contribution in [2.24, 2.45) is 0 Å². The molecule has 0 heterocycles. The molecule has 0 unspecified atom stereocenters. The van der Waals surface area contributed by atoms with Gasteiger partial charge in [0.1, 0.15) is 11.5 Å². The zero-order valence-corrected chi connectivity index (χ0v) is 14.0. The average Bonchev–Trinajstić information content (AvgIpc) is 2.61. The van der Waals surface area contributed by atoms with Crippen LogP contribution in [-0.2, 0) is 11.2 Å². The summed E-state index contributed by atoms with van der Waals surface area (Å²) < 4.78 is 10.5. The minimum absolute atomic E-state index is 0.0526. The van der Waals surface area contributed by atoms with E-state index in [1.807, 2.05) is 55.5 Å². The zero-order valence-electron chi connectivity index (χ0n) is 14.0. The standard InChI is InChI=1S/C20H21NO3/c1-3-24-19-12-8-17(9-13-19)15-20(22)21-14-4-5-16-6-10-18(23-2)11-7-16/h6-13H,3,14-15H2,1-2H3,(H,21,22). The number of hydrogen-bond acceptors (Lipinski definition) is 3. The molecule has 124 valence electrons. The van der Waals surface area contributed by atoms with Gasteiger partial charge in [-0.05, 0) is 48.9 Å². The normalized spacial score (nSPS) is 9.58. The number of carbonyl (C=O) groups excluding carboxylic acids is 1. The van der Waals surface area contributed by atoms with Gasteiger partial charge in [-0.1, -0.05) is 24.0 Å². The summed E-state index contributed by atoms with van der Waals surface area (Å²) in [4.78, 5) is 11.9. The summed E-state index contributed by atoms with van der Waals surface area (Å²) in [6.07, 6.45) is 0.330. The summed E-state index contributed by atoms with van der Waals surface area (Å²) in [5.74, 6) is 7.49. The third-order valence-corrected chi connectivity index (χ3v) is 3.30. The van der Waals surface area contributed by atoms with Crippen LogP contribution < -0.4 is 14.8 Å². The molecule has 0 aliphatic heterocycles. The van der Waals surface area contributed by atoms with E-state index >= 15 is 0 Å². The van der Waals surface area contributed by atoms with Crippen molar-refractivity contribution < 1.29 is 14.3 Å². The van der Waals surface area contributed by atoms with Crippen LogP contribution >= 0.6 is 0 Å². The molecular formula is C20H21NO3. The fourth-order valence-electron chi connectivity index (χ4n) is 2.08. The number of ether oxygens (including phenoxy) is 2. The molecule has 2 aromatic carbocycles. The molecule has 1 amide bonds. The molecule has 0 atom stereocenters. The van der Waals surface area contributed by atoms with Gasteiger partial charge in [-0.15, -0.1) is 0 Å². The van der Waals surface area contributed by atoms with E-state index in [0.717, 1.165) is 22.6 Å². The zero-order chi connectivity index (χ0) is 17.2. The lowest BCUT2D eigenvalue weighted by Crippen LogP contribution is -2.25. The number of amides is 1. The molecule has 0 fully saturated rings. The van der Waals surface area contributed by atoms with E-state index in [2.05, 4.69) is 17.2 Å². The van der Waals surface area contributed by atoms with Crippen LogP contribution in [0.1, 0.15) is 18.1 Å². The maximum absolute atomic E-state index is 11.9. The molecular weight excluding hydrogens is 302 g/mol. The van der Waals surface area contributed by atoms with Gasteiger partial charge in [-0.2, -0.15) is 0 Å². The van der Waals surface area contributed by atoms with E-state index < -0.39 is 0 Å². The molecule has 0 bridgehead atoms. The van der Waals surface area contributed by atoms with Crippen LogP contribution in [0.2, 0.25) is 0 Å². The summed E-state index contributed by atoms with van der Waals surface area (Å²) >= 11 is 0. The largest absolute Gasteiger partial charge is 0.497 e. The molecule has 0 spiro atoms. The first-order valence-corrected chi connectivity index (χ1v) is 7.82. The molecule has 1 N–H and O–H groups in total. The predicted octanol–water partition coefficient (Wildman–Crippen LogP) is 2.80. The van der Waals surface area contributed by atoms with Gasteiger partial charge in [-0.3, -0.25) is 4.79 Å². The first-order chi connectivity index (χ1) is 11.7. The summed E-state index contributed by atoms with van der Waals surface area (Å²) in [6, 6.07) is 15.0. The van der Waals surface area contributed by atoms with Crippen LogP contribution in [0.4, 0.5) is 0 Å². The first-order valence-electron chi connectivity index (χ1n) is 7.82.